The molecule has 0 saturated carbocycles. The molecule has 3 heterocycles. The lowest BCUT2D eigenvalue weighted by molar-refractivity contribution is 0.572. The highest BCUT2D eigenvalue weighted by Crippen LogP contribution is 2.17. The van der Waals surface area contributed by atoms with E-state index in [2.05, 4.69) is 30.7 Å². The van der Waals surface area contributed by atoms with E-state index in [9.17, 15) is 0 Å². The van der Waals surface area contributed by atoms with Crippen molar-refractivity contribution in [2.45, 2.75) is 13.1 Å². The molecule has 0 aliphatic rings. The quantitative estimate of drug-likeness (QED) is 0.390. The van der Waals surface area contributed by atoms with Crippen molar-refractivity contribution in [1.82, 2.24) is 30.4 Å². The minimum atomic E-state index is 0.505. The van der Waals surface area contributed by atoms with Crippen molar-refractivity contribution >= 4 is 5.96 Å². The molecule has 0 spiro atoms. The second-order valence-corrected chi connectivity index (χ2v) is 6.26. The van der Waals surface area contributed by atoms with Gasteiger partial charge in [-0.2, -0.15) is 5.10 Å². The maximum absolute atomic E-state index is 5.57. The number of nitrogens with zero attached hydrogens (tertiary/aromatic N) is 5. The van der Waals surface area contributed by atoms with Crippen LogP contribution in [0.1, 0.15) is 11.3 Å². The minimum absolute atomic E-state index is 0.505. The second-order valence-electron chi connectivity index (χ2n) is 6.26. The summed E-state index contributed by atoms with van der Waals surface area (Å²) in [7, 11) is 1.73. The van der Waals surface area contributed by atoms with Gasteiger partial charge in [-0.25, -0.2) is 14.6 Å². The highest BCUT2D eigenvalue weighted by molar-refractivity contribution is 5.79. The number of hydrogen-bond acceptors (Lipinski definition) is 5. The van der Waals surface area contributed by atoms with Crippen LogP contribution in [0.25, 0.3) is 17.3 Å². The fourth-order valence-corrected chi connectivity index (χ4v) is 2.78. The predicted octanol–water partition coefficient (Wildman–Crippen LogP) is 2.79. The first-order chi connectivity index (χ1) is 14.3. The lowest BCUT2D eigenvalue weighted by Gasteiger charge is -2.11. The van der Waals surface area contributed by atoms with Gasteiger partial charge in [0, 0.05) is 37.7 Å². The van der Waals surface area contributed by atoms with Gasteiger partial charge in [0.15, 0.2) is 11.8 Å². The number of oxazole rings is 1. The van der Waals surface area contributed by atoms with E-state index in [4.69, 9.17) is 4.42 Å². The van der Waals surface area contributed by atoms with Crippen LogP contribution in [0.15, 0.2) is 82.8 Å². The average molecular weight is 387 g/mol. The van der Waals surface area contributed by atoms with Crippen LogP contribution >= 0.6 is 0 Å². The Morgan fingerprint density at radius 2 is 1.93 bits per heavy atom. The molecule has 2 N–H and O–H groups in total. The van der Waals surface area contributed by atoms with E-state index in [0.717, 1.165) is 22.6 Å². The average Bonchev–Trinajstić information content (AvgIpc) is 3.47. The summed E-state index contributed by atoms with van der Waals surface area (Å²) in [6.07, 6.45) is 7.01. The summed E-state index contributed by atoms with van der Waals surface area (Å²) in [6, 6.07) is 15.6. The number of guanidine groups is 1. The van der Waals surface area contributed by atoms with Crippen LogP contribution in [-0.4, -0.2) is 32.8 Å². The summed E-state index contributed by atoms with van der Waals surface area (Å²) in [4.78, 5) is 13.1. The fraction of sp³-hybridized carbons (Fsp3) is 0.143. The van der Waals surface area contributed by atoms with E-state index in [1.807, 2.05) is 54.7 Å². The SMILES string of the molecule is CN=C(NCc1ccnc(-n2cccn2)c1)NCc1coc(-c2ccccc2)n1. The maximum Gasteiger partial charge on any atom is 0.226 e. The molecular formula is C21H21N7O. The molecule has 1 aromatic carbocycles. The number of hydrogen-bond donors (Lipinski definition) is 2. The van der Waals surface area contributed by atoms with Crippen LogP contribution in [-0.2, 0) is 13.1 Å². The van der Waals surface area contributed by atoms with Crippen molar-refractivity contribution in [3.63, 3.8) is 0 Å². The molecule has 0 bridgehead atoms. The van der Waals surface area contributed by atoms with Crippen molar-refractivity contribution in [3.8, 4) is 17.3 Å². The molecule has 0 unspecified atom stereocenters. The Kier molecular flexibility index (Phi) is 5.61. The zero-order valence-electron chi connectivity index (χ0n) is 16.0. The van der Waals surface area contributed by atoms with Gasteiger partial charge in [0.25, 0.3) is 0 Å². The fourth-order valence-electron chi connectivity index (χ4n) is 2.78. The van der Waals surface area contributed by atoms with Gasteiger partial charge in [0.1, 0.15) is 6.26 Å². The molecule has 0 radical (unpaired) electrons. The van der Waals surface area contributed by atoms with E-state index in [-0.39, 0.29) is 0 Å². The molecule has 146 valence electrons. The lowest BCUT2D eigenvalue weighted by Crippen LogP contribution is -2.36. The maximum atomic E-state index is 5.57. The molecule has 8 heteroatoms. The second kappa shape index (κ2) is 8.83. The van der Waals surface area contributed by atoms with E-state index < -0.39 is 0 Å². The Morgan fingerprint density at radius 3 is 2.72 bits per heavy atom. The number of rotatable bonds is 6. The smallest absolute Gasteiger partial charge is 0.226 e. The van der Waals surface area contributed by atoms with E-state index in [1.165, 1.54) is 0 Å². The Labute approximate surface area is 168 Å². The van der Waals surface area contributed by atoms with Crippen LogP contribution in [0.2, 0.25) is 0 Å². The Balaban J connectivity index is 1.33. The van der Waals surface area contributed by atoms with Gasteiger partial charge in [-0.1, -0.05) is 18.2 Å². The van der Waals surface area contributed by atoms with E-state index >= 15 is 0 Å². The lowest BCUT2D eigenvalue weighted by atomic mass is 10.2. The van der Waals surface area contributed by atoms with Crippen molar-refractivity contribution < 1.29 is 4.42 Å². The number of aromatic nitrogens is 4. The summed E-state index contributed by atoms with van der Waals surface area (Å²) < 4.78 is 7.30. The molecule has 0 aliphatic carbocycles. The molecule has 0 atom stereocenters. The Morgan fingerprint density at radius 1 is 1.07 bits per heavy atom. The van der Waals surface area contributed by atoms with E-state index in [1.54, 1.807) is 30.4 Å². The molecule has 0 amide bonds. The molecular weight excluding hydrogens is 366 g/mol. The highest BCUT2D eigenvalue weighted by atomic mass is 16.3. The zero-order chi connectivity index (χ0) is 19.9. The monoisotopic (exact) mass is 387 g/mol. The summed E-state index contributed by atoms with van der Waals surface area (Å²) in [5.41, 5.74) is 2.82. The first kappa shape index (κ1) is 18.4. The molecule has 29 heavy (non-hydrogen) atoms. The summed E-state index contributed by atoms with van der Waals surface area (Å²) in [5.74, 6) is 2.05. The minimum Gasteiger partial charge on any atom is -0.444 e. The third-order valence-corrected chi connectivity index (χ3v) is 4.24. The Bertz CT molecular complexity index is 1070. The van der Waals surface area contributed by atoms with Crippen LogP contribution in [0, 0.1) is 0 Å². The predicted molar refractivity (Wildman–Crippen MR) is 110 cm³/mol. The number of pyridine rings is 1. The summed E-state index contributed by atoms with van der Waals surface area (Å²) in [6.45, 7) is 1.11. The van der Waals surface area contributed by atoms with Crippen LogP contribution in [0.5, 0.6) is 0 Å². The summed E-state index contributed by atoms with van der Waals surface area (Å²) >= 11 is 0. The number of benzene rings is 1. The zero-order valence-corrected chi connectivity index (χ0v) is 16.0. The standard InChI is InChI=1S/C21H21N7O/c1-22-21(24-13-16-8-10-23-19(12-16)28-11-5-9-26-28)25-14-18-15-29-20(27-18)17-6-3-2-4-7-17/h2-12,15H,13-14H2,1H3,(H2,22,24,25). The molecule has 3 aromatic heterocycles. The van der Waals surface area contributed by atoms with Gasteiger partial charge in [-0.15, -0.1) is 0 Å². The number of nitrogens with one attached hydrogen (secondary N) is 2. The van der Waals surface area contributed by atoms with Gasteiger partial charge in [0.2, 0.25) is 5.89 Å². The molecule has 4 aromatic rings. The normalized spacial score (nSPS) is 11.4. The van der Waals surface area contributed by atoms with Gasteiger partial charge in [-0.3, -0.25) is 4.99 Å². The van der Waals surface area contributed by atoms with Crippen molar-refractivity contribution in [2.24, 2.45) is 4.99 Å². The van der Waals surface area contributed by atoms with Gasteiger partial charge in [0.05, 0.1) is 12.2 Å². The van der Waals surface area contributed by atoms with Crippen LogP contribution < -0.4 is 10.6 Å². The first-order valence-electron chi connectivity index (χ1n) is 9.21. The molecule has 0 saturated heterocycles. The van der Waals surface area contributed by atoms with Crippen LogP contribution in [0.4, 0.5) is 0 Å². The topological polar surface area (TPSA) is 93.2 Å². The molecule has 0 aliphatic heterocycles. The van der Waals surface area contributed by atoms with Crippen LogP contribution in [0.3, 0.4) is 0 Å². The van der Waals surface area contributed by atoms with Crippen molar-refractivity contribution in [2.75, 3.05) is 7.05 Å². The Hall–Kier alpha value is -3.94. The largest absolute Gasteiger partial charge is 0.444 e. The first-order valence-corrected chi connectivity index (χ1v) is 9.21. The van der Waals surface area contributed by atoms with Gasteiger partial charge >= 0.3 is 0 Å². The van der Waals surface area contributed by atoms with Gasteiger partial charge in [-0.05, 0) is 35.9 Å². The molecule has 8 nitrogen and oxygen atoms in total. The third kappa shape index (κ3) is 4.67. The molecule has 0 fully saturated rings. The molecule has 4 rings (SSSR count). The van der Waals surface area contributed by atoms with Crippen molar-refractivity contribution in [1.29, 1.82) is 0 Å². The third-order valence-electron chi connectivity index (χ3n) is 4.24. The number of aliphatic imine (C=N–C) groups is 1. The summed E-state index contributed by atoms with van der Waals surface area (Å²) in [5, 5.41) is 10.7. The highest BCUT2D eigenvalue weighted by Gasteiger charge is 2.07. The van der Waals surface area contributed by atoms with E-state index in [0.29, 0.717) is 24.9 Å². The van der Waals surface area contributed by atoms with Crippen molar-refractivity contribution in [3.05, 3.63) is 84.6 Å². The van der Waals surface area contributed by atoms with Gasteiger partial charge < -0.3 is 15.1 Å².